The molecular formula is C13H18BrNO. The highest BCUT2D eigenvalue weighted by Crippen LogP contribution is 2.28. The standard InChI is InChI=1S/C13H18BrNO/c14-13-4-2-1-3-11(13)7-12(15)9-16-8-10-5-6-10/h1-4,10,12H,5-9,15H2. The Balaban J connectivity index is 1.73. The molecular weight excluding hydrogens is 266 g/mol. The molecule has 1 atom stereocenters. The van der Waals surface area contributed by atoms with E-state index < -0.39 is 0 Å². The molecule has 2 nitrogen and oxygen atoms in total. The number of rotatable bonds is 6. The molecule has 88 valence electrons. The van der Waals surface area contributed by atoms with Crippen LogP contribution in [0, 0.1) is 5.92 Å². The SMILES string of the molecule is NC(COCC1CC1)Cc1ccccc1Br. The molecule has 0 aromatic heterocycles. The van der Waals surface area contributed by atoms with E-state index in [0.29, 0.717) is 6.61 Å². The monoisotopic (exact) mass is 283 g/mol. The lowest BCUT2D eigenvalue weighted by Gasteiger charge is -2.13. The van der Waals surface area contributed by atoms with Crippen molar-refractivity contribution in [2.24, 2.45) is 11.7 Å². The Morgan fingerprint density at radius 3 is 2.81 bits per heavy atom. The third kappa shape index (κ3) is 3.89. The minimum atomic E-state index is 0.0949. The molecule has 1 saturated carbocycles. The fourth-order valence-corrected chi connectivity index (χ4v) is 2.12. The predicted octanol–water partition coefficient (Wildman–Crippen LogP) is 2.75. The molecule has 0 spiro atoms. The maximum absolute atomic E-state index is 6.04. The first-order valence-electron chi connectivity index (χ1n) is 5.82. The van der Waals surface area contributed by atoms with Crippen molar-refractivity contribution < 1.29 is 4.74 Å². The Hall–Kier alpha value is -0.380. The van der Waals surface area contributed by atoms with Crippen LogP contribution in [0.1, 0.15) is 18.4 Å². The van der Waals surface area contributed by atoms with E-state index in [4.69, 9.17) is 10.5 Å². The molecule has 2 N–H and O–H groups in total. The van der Waals surface area contributed by atoms with Gasteiger partial charge in [0.15, 0.2) is 0 Å². The fourth-order valence-electron chi connectivity index (χ4n) is 1.68. The minimum Gasteiger partial charge on any atom is -0.380 e. The van der Waals surface area contributed by atoms with Gasteiger partial charge in [-0.15, -0.1) is 0 Å². The van der Waals surface area contributed by atoms with E-state index in [0.717, 1.165) is 23.4 Å². The van der Waals surface area contributed by atoms with Gasteiger partial charge in [0, 0.05) is 17.1 Å². The summed E-state index contributed by atoms with van der Waals surface area (Å²) in [5.41, 5.74) is 7.29. The summed E-state index contributed by atoms with van der Waals surface area (Å²) in [4.78, 5) is 0. The van der Waals surface area contributed by atoms with Gasteiger partial charge in [0.05, 0.1) is 6.61 Å². The highest BCUT2D eigenvalue weighted by molar-refractivity contribution is 9.10. The first kappa shape index (κ1) is 12.1. The summed E-state index contributed by atoms with van der Waals surface area (Å²) in [6.07, 6.45) is 3.53. The molecule has 0 bridgehead atoms. The van der Waals surface area contributed by atoms with E-state index in [1.54, 1.807) is 0 Å². The van der Waals surface area contributed by atoms with Gasteiger partial charge < -0.3 is 10.5 Å². The predicted molar refractivity (Wildman–Crippen MR) is 69.4 cm³/mol. The first-order chi connectivity index (χ1) is 7.75. The van der Waals surface area contributed by atoms with Gasteiger partial charge in [-0.05, 0) is 36.8 Å². The molecule has 0 heterocycles. The van der Waals surface area contributed by atoms with Gasteiger partial charge in [-0.2, -0.15) is 0 Å². The van der Waals surface area contributed by atoms with Gasteiger partial charge in [-0.25, -0.2) is 0 Å². The molecule has 1 aliphatic rings. The van der Waals surface area contributed by atoms with Crippen molar-refractivity contribution in [3.63, 3.8) is 0 Å². The number of nitrogens with two attached hydrogens (primary N) is 1. The number of ether oxygens (including phenoxy) is 1. The van der Waals surface area contributed by atoms with Gasteiger partial charge in [0.2, 0.25) is 0 Å². The minimum absolute atomic E-state index is 0.0949. The van der Waals surface area contributed by atoms with E-state index in [9.17, 15) is 0 Å². The Bertz CT molecular complexity index is 338. The third-order valence-electron chi connectivity index (χ3n) is 2.82. The van der Waals surface area contributed by atoms with Crippen LogP contribution in [0.5, 0.6) is 0 Å². The van der Waals surface area contributed by atoms with Crippen molar-refractivity contribution in [2.75, 3.05) is 13.2 Å². The van der Waals surface area contributed by atoms with Crippen LogP contribution in [0.4, 0.5) is 0 Å². The zero-order chi connectivity index (χ0) is 11.4. The topological polar surface area (TPSA) is 35.2 Å². The Morgan fingerprint density at radius 2 is 2.12 bits per heavy atom. The maximum Gasteiger partial charge on any atom is 0.0620 e. The lowest BCUT2D eigenvalue weighted by atomic mass is 10.1. The Morgan fingerprint density at radius 1 is 1.38 bits per heavy atom. The summed E-state index contributed by atoms with van der Waals surface area (Å²) in [5, 5.41) is 0. The van der Waals surface area contributed by atoms with E-state index in [2.05, 4.69) is 22.0 Å². The van der Waals surface area contributed by atoms with Gasteiger partial charge in [-0.1, -0.05) is 34.1 Å². The van der Waals surface area contributed by atoms with Crippen molar-refractivity contribution in [1.29, 1.82) is 0 Å². The van der Waals surface area contributed by atoms with Crippen LogP contribution in [0.25, 0.3) is 0 Å². The summed E-state index contributed by atoms with van der Waals surface area (Å²) in [6, 6.07) is 8.30. The molecule has 1 aromatic rings. The number of benzene rings is 1. The highest BCUT2D eigenvalue weighted by Gasteiger charge is 2.21. The summed E-state index contributed by atoms with van der Waals surface area (Å²) in [7, 11) is 0. The smallest absolute Gasteiger partial charge is 0.0620 e. The average Bonchev–Trinajstić information content (AvgIpc) is 3.05. The number of hydrogen-bond acceptors (Lipinski definition) is 2. The quantitative estimate of drug-likeness (QED) is 0.871. The number of hydrogen-bond donors (Lipinski definition) is 1. The normalized spacial score (nSPS) is 17.4. The highest BCUT2D eigenvalue weighted by atomic mass is 79.9. The summed E-state index contributed by atoms with van der Waals surface area (Å²) >= 11 is 3.53. The van der Waals surface area contributed by atoms with E-state index in [1.807, 2.05) is 18.2 Å². The largest absolute Gasteiger partial charge is 0.380 e. The van der Waals surface area contributed by atoms with Gasteiger partial charge in [-0.3, -0.25) is 0 Å². The summed E-state index contributed by atoms with van der Waals surface area (Å²) < 4.78 is 6.72. The van der Waals surface area contributed by atoms with E-state index >= 15 is 0 Å². The third-order valence-corrected chi connectivity index (χ3v) is 3.60. The van der Waals surface area contributed by atoms with Crippen LogP contribution >= 0.6 is 15.9 Å². The second kappa shape index (κ2) is 5.80. The van der Waals surface area contributed by atoms with Gasteiger partial charge in [0.1, 0.15) is 0 Å². The van der Waals surface area contributed by atoms with Crippen LogP contribution < -0.4 is 5.73 Å². The molecule has 2 rings (SSSR count). The molecule has 0 amide bonds. The van der Waals surface area contributed by atoms with E-state index in [1.165, 1.54) is 18.4 Å². The molecule has 16 heavy (non-hydrogen) atoms. The number of halogens is 1. The fraction of sp³-hybridized carbons (Fsp3) is 0.538. The molecule has 0 aliphatic heterocycles. The van der Waals surface area contributed by atoms with Gasteiger partial charge in [0.25, 0.3) is 0 Å². The molecule has 3 heteroatoms. The Kier molecular flexibility index (Phi) is 4.38. The molecule has 1 fully saturated rings. The van der Waals surface area contributed by atoms with E-state index in [-0.39, 0.29) is 6.04 Å². The van der Waals surface area contributed by atoms with Crippen molar-refractivity contribution in [1.82, 2.24) is 0 Å². The van der Waals surface area contributed by atoms with Crippen LogP contribution in [-0.2, 0) is 11.2 Å². The molecule has 1 unspecified atom stereocenters. The maximum atomic E-state index is 6.04. The van der Waals surface area contributed by atoms with Crippen molar-refractivity contribution in [3.8, 4) is 0 Å². The van der Waals surface area contributed by atoms with Crippen molar-refractivity contribution in [2.45, 2.75) is 25.3 Å². The summed E-state index contributed by atoms with van der Waals surface area (Å²) in [6.45, 7) is 1.56. The van der Waals surface area contributed by atoms with Crippen LogP contribution in [0.15, 0.2) is 28.7 Å². The lowest BCUT2D eigenvalue weighted by Crippen LogP contribution is -2.29. The lowest BCUT2D eigenvalue weighted by molar-refractivity contribution is 0.111. The molecule has 0 radical (unpaired) electrons. The van der Waals surface area contributed by atoms with Crippen LogP contribution in [0.2, 0.25) is 0 Å². The molecule has 0 saturated heterocycles. The van der Waals surface area contributed by atoms with Crippen molar-refractivity contribution in [3.05, 3.63) is 34.3 Å². The zero-order valence-corrected chi connectivity index (χ0v) is 10.9. The summed E-state index contributed by atoms with van der Waals surface area (Å²) in [5.74, 6) is 0.815. The van der Waals surface area contributed by atoms with Gasteiger partial charge >= 0.3 is 0 Å². The van der Waals surface area contributed by atoms with Crippen LogP contribution in [0.3, 0.4) is 0 Å². The molecule has 1 aromatic carbocycles. The van der Waals surface area contributed by atoms with Crippen molar-refractivity contribution >= 4 is 15.9 Å². The zero-order valence-electron chi connectivity index (χ0n) is 9.36. The first-order valence-corrected chi connectivity index (χ1v) is 6.61. The average molecular weight is 284 g/mol. The van der Waals surface area contributed by atoms with Crippen LogP contribution in [-0.4, -0.2) is 19.3 Å². The second-order valence-corrected chi connectivity index (χ2v) is 5.39. The molecule has 1 aliphatic carbocycles. The Labute approximate surface area is 105 Å². The second-order valence-electron chi connectivity index (χ2n) is 4.54.